The van der Waals surface area contributed by atoms with Crippen LogP contribution in [0.1, 0.15) is 16.3 Å². The van der Waals surface area contributed by atoms with Crippen molar-refractivity contribution >= 4 is 28.3 Å². The van der Waals surface area contributed by atoms with Crippen LogP contribution in [0, 0.1) is 6.92 Å². The second-order valence-corrected chi connectivity index (χ2v) is 8.58. The molecule has 2 aromatic heterocycles. The predicted octanol–water partition coefficient (Wildman–Crippen LogP) is 2.05. The summed E-state index contributed by atoms with van der Waals surface area (Å²) < 4.78 is 0. The van der Waals surface area contributed by atoms with Gasteiger partial charge in [0.05, 0.1) is 0 Å². The molecular weight excluding hydrogens is 402 g/mol. The molecule has 2 fully saturated rings. The molecule has 8 nitrogen and oxygen atoms in total. The highest BCUT2D eigenvalue weighted by molar-refractivity contribution is 6.05. The topological polar surface area (TPSA) is 68.7 Å². The smallest absolute Gasteiger partial charge is 0.273 e. The Morgan fingerprint density at radius 1 is 0.844 bits per heavy atom. The van der Waals surface area contributed by atoms with E-state index < -0.39 is 0 Å². The number of hydrogen-bond acceptors (Lipinski definition) is 7. The summed E-state index contributed by atoms with van der Waals surface area (Å²) in [5, 5.41) is 1.95. The number of carbonyl (C=O) groups is 1. The summed E-state index contributed by atoms with van der Waals surface area (Å²) in [7, 11) is 2.16. The maximum atomic E-state index is 13.2. The van der Waals surface area contributed by atoms with Crippen LogP contribution in [-0.4, -0.2) is 90.1 Å². The third kappa shape index (κ3) is 4.10. The van der Waals surface area contributed by atoms with Crippen molar-refractivity contribution in [1.82, 2.24) is 24.8 Å². The van der Waals surface area contributed by atoms with Gasteiger partial charge in [-0.25, -0.2) is 9.97 Å². The lowest BCUT2D eigenvalue weighted by molar-refractivity contribution is 0.0743. The Kier molecular flexibility index (Phi) is 5.61. The first-order chi connectivity index (χ1) is 15.6. The molecule has 0 spiro atoms. The average molecular weight is 432 g/mol. The highest BCUT2D eigenvalue weighted by Gasteiger charge is 2.26. The molecule has 3 aromatic rings. The third-order valence-electron chi connectivity index (χ3n) is 6.41. The van der Waals surface area contributed by atoms with Gasteiger partial charge in [0, 0.05) is 70.0 Å². The molecule has 1 amide bonds. The van der Waals surface area contributed by atoms with Gasteiger partial charge in [0.15, 0.2) is 0 Å². The molecule has 0 aliphatic carbocycles. The number of fused-ring (bicyclic) bond motifs is 1. The Morgan fingerprint density at radius 2 is 1.47 bits per heavy atom. The summed E-state index contributed by atoms with van der Waals surface area (Å²) >= 11 is 0. The van der Waals surface area contributed by atoms with E-state index in [0.29, 0.717) is 18.8 Å². The van der Waals surface area contributed by atoms with Crippen molar-refractivity contribution in [3.8, 4) is 0 Å². The second-order valence-electron chi connectivity index (χ2n) is 8.58. The molecule has 0 saturated carbocycles. The number of aromatic nitrogens is 3. The van der Waals surface area contributed by atoms with Gasteiger partial charge < -0.3 is 19.6 Å². The standard InChI is InChI=1S/C24H29N7O/c1-18-26-21(29-11-9-28(2)10-12-29)17-22(27-18)30-13-15-31(16-14-30)24(32)23-20-6-4-3-5-19(20)7-8-25-23/h3-8,17H,9-16H2,1-2H3. The van der Waals surface area contributed by atoms with Gasteiger partial charge in [0.1, 0.15) is 23.2 Å². The van der Waals surface area contributed by atoms with Gasteiger partial charge in [0.2, 0.25) is 0 Å². The first kappa shape index (κ1) is 20.6. The average Bonchev–Trinajstić information content (AvgIpc) is 2.83. The lowest BCUT2D eigenvalue weighted by atomic mass is 10.1. The number of amides is 1. The molecule has 0 N–H and O–H groups in total. The zero-order valence-corrected chi connectivity index (χ0v) is 18.7. The van der Waals surface area contributed by atoms with E-state index in [1.54, 1.807) is 6.20 Å². The summed E-state index contributed by atoms with van der Waals surface area (Å²) in [5.74, 6) is 2.73. The van der Waals surface area contributed by atoms with E-state index in [1.165, 1.54) is 0 Å². The predicted molar refractivity (Wildman–Crippen MR) is 126 cm³/mol. The van der Waals surface area contributed by atoms with Gasteiger partial charge in [-0.3, -0.25) is 9.78 Å². The lowest BCUT2D eigenvalue weighted by Gasteiger charge is -2.36. The molecule has 5 rings (SSSR count). The minimum atomic E-state index is -0.00144. The van der Waals surface area contributed by atoms with Crippen LogP contribution in [0.2, 0.25) is 0 Å². The maximum Gasteiger partial charge on any atom is 0.273 e. The van der Waals surface area contributed by atoms with Crippen molar-refractivity contribution in [2.75, 3.05) is 69.2 Å². The van der Waals surface area contributed by atoms with Crippen molar-refractivity contribution in [3.05, 3.63) is 54.1 Å². The van der Waals surface area contributed by atoms with E-state index in [1.807, 2.05) is 42.2 Å². The Balaban J connectivity index is 1.29. The number of aryl methyl sites for hydroxylation is 1. The Morgan fingerprint density at radius 3 is 2.16 bits per heavy atom. The number of likely N-dealkylation sites (N-methyl/N-ethyl adjacent to an activating group) is 1. The molecule has 2 saturated heterocycles. The number of carbonyl (C=O) groups excluding carboxylic acids is 1. The minimum absolute atomic E-state index is 0.00144. The van der Waals surface area contributed by atoms with Gasteiger partial charge in [-0.15, -0.1) is 0 Å². The van der Waals surface area contributed by atoms with E-state index in [4.69, 9.17) is 4.98 Å². The van der Waals surface area contributed by atoms with Crippen molar-refractivity contribution < 1.29 is 4.79 Å². The molecule has 4 heterocycles. The van der Waals surface area contributed by atoms with Crippen LogP contribution in [-0.2, 0) is 0 Å². The fourth-order valence-electron chi connectivity index (χ4n) is 4.47. The van der Waals surface area contributed by atoms with Crippen molar-refractivity contribution in [2.45, 2.75) is 6.92 Å². The zero-order chi connectivity index (χ0) is 22.1. The van der Waals surface area contributed by atoms with Crippen molar-refractivity contribution in [3.63, 3.8) is 0 Å². The first-order valence-electron chi connectivity index (χ1n) is 11.3. The molecule has 0 unspecified atom stereocenters. The van der Waals surface area contributed by atoms with E-state index in [2.05, 4.69) is 37.8 Å². The number of benzene rings is 1. The Labute approximate surface area is 188 Å². The number of piperazine rings is 2. The molecule has 8 heteroatoms. The van der Waals surface area contributed by atoms with Crippen LogP contribution in [0.3, 0.4) is 0 Å². The number of anilines is 2. The van der Waals surface area contributed by atoms with Crippen LogP contribution in [0.25, 0.3) is 10.8 Å². The maximum absolute atomic E-state index is 13.2. The summed E-state index contributed by atoms with van der Waals surface area (Å²) in [6.07, 6.45) is 1.72. The Bertz CT molecular complexity index is 1110. The normalized spacial score (nSPS) is 17.8. The fourth-order valence-corrected chi connectivity index (χ4v) is 4.47. The fraction of sp³-hybridized carbons (Fsp3) is 0.417. The van der Waals surface area contributed by atoms with E-state index >= 15 is 0 Å². The van der Waals surface area contributed by atoms with Crippen LogP contribution in [0.4, 0.5) is 11.6 Å². The number of nitrogens with zero attached hydrogens (tertiary/aromatic N) is 7. The van der Waals surface area contributed by atoms with Gasteiger partial charge in [0.25, 0.3) is 5.91 Å². The van der Waals surface area contributed by atoms with Crippen LogP contribution >= 0.6 is 0 Å². The van der Waals surface area contributed by atoms with Gasteiger partial charge in [-0.05, 0) is 25.4 Å². The van der Waals surface area contributed by atoms with Crippen LogP contribution in [0.15, 0.2) is 42.6 Å². The van der Waals surface area contributed by atoms with E-state index in [9.17, 15) is 4.79 Å². The van der Waals surface area contributed by atoms with Gasteiger partial charge >= 0.3 is 0 Å². The molecule has 2 aliphatic heterocycles. The summed E-state index contributed by atoms with van der Waals surface area (Å²) in [5.41, 5.74) is 0.534. The number of hydrogen-bond donors (Lipinski definition) is 0. The van der Waals surface area contributed by atoms with Gasteiger partial charge in [-0.2, -0.15) is 0 Å². The summed E-state index contributed by atoms with van der Waals surface area (Å²) in [6, 6.07) is 12.0. The highest BCUT2D eigenvalue weighted by Crippen LogP contribution is 2.23. The largest absolute Gasteiger partial charge is 0.354 e. The number of pyridine rings is 1. The molecule has 0 bridgehead atoms. The minimum Gasteiger partial charge on any atom is -0.354 e. The zero-order valence-electron chi connectivity index (χ0n) is 18.7. The molecule has 1 aromatic carbocycles. The number of rotatable bonds is 3. The second kappa shape index (κ2) is 8.70. The molecule has 166 valence electrons. The quantitative estimate of drug-likeness (QED) is 0.629. The molecular formula is C24H29N7O. The molecule has 2 aliphatic rings. The van der Waals surface area contributed by atoms with Crippen LogP contribution in [0.5, 0.6) is 0 Å². The highest BCUT2D eigenvalue weighted by atomic mass is 16.2. The molecule has 0 atom stereocenters. The molecule has 32 heavy (non-hydrogen) atoms. The summed E-state index contributed by atoms with van der Waals surface area (Å²) in [6.45, 7) is 8.79. The third-order valence-corrected chi connectivity index (χ3v) is 6.41. The first-order valence-corrected chi connectivity index (χ1v) is 11.3. The van der Waals surface area contributed by atoms with Gasteiger partial charge in [-0.1, -0.05) is 24.3 Å². The monoisotopic (exact) mass is 431 g/mol. The molecule has 0 radical (unpaired) electrons. The lowest BCUT2D eigenvalue weighted by Crippen LogP contribution is -2.49. The summed E-state index contributed by atoms with van der Waals surface area (Å²) in [4.78, 5) is 35.8. The van der Waals surface area contributed by atoms with Crippen LogP contribution < -0.4 is 9.80 Å². The van der Waals surface area contributed by atoms with E-state index in [-0.39, 0.29) is 5.91 Å². The van der Waals surface area contributed by atoms with Crippen molar-refractivity contribution in [1.29, 1.82) is 0 Å². The Hall–Kier alpha value is -3.26. The SMILES string of the molecule is Cc1nc(N2CCN(C)CC2)cc(N2CCN(C(=O)c3nccc4ccccc34)CC2)n1. The van der Waals surface area contributed by atoms with E-state index in [0.717, 1.165) is 67.5 Å². The van der Waals surface area contributed by atoms with Crippen molar-refractivity contribution in [2.24, 2.45) is 0 Å².